The Labute approximate surface area is 139 Å². The van der Waals surface area contributed by atoms with E-state index in [9.17, 15) is 0 Å². The van der Waals surface area contributed by atoms with Gasteiger partial charge in [-0.3, -0.25) is 0 Å². The molecule has 0 amide bonds. The molecular weight excluding hydrogens is 312 g/mol. The van der Waals surface area contributed by atoms with Crippen LogP contribution in [0.3, 0.4) is 0 Å². The van der Waals surface area contributed by atoms with Crippen LogP contribution in [0.5, 0.6) is 0 Å². The predicted molar refractivity (Wildman–Crippen MR) is 92.3 cm³/mol. The number of rotatable bonds is 5. The second kappa shape index (κ2) is 6.71. The number of hydrogen-bond acceptors (Lipinski definition) is 5. The van der Waals surface area contributed by atoms with Crippen LogP contribution in [0.25, 0.3) is 0 Å². The van der Waals surface area contributed by atoms with Gasteiger partial charge in [-0.2, -0.15) is 0 Å². The first-order valence-electron chi connectivity index (χ1n) is 7.25. The molecule has 6 heteroatoms. The molecule has 1 aromatic carbocycles. The summed E-state index contributed by atoms with van der Waals surface area (Å²) < 4.78 is 5.30. The van der Waals surface area contributed by atoms with Crippen LogP contribution in [0.4, 0.5) is 17.3 Å². The van der Waals surface area contributed by atoms with Crippen molar-refractivity contribution in [2.24, 2.45) is 0 Å². The molecule has 5 nitrogen and oxygen atoms in total. The number of hydrogen-bond donors (Lipinski definition) is 2. The van der Waals surface area contributed by atoms with Gasteiger partial charge < -0.3 is 15.1 Å². The molecule has 2 aromatic heterocycles. The Hall–Kier alpha value is -2.53. The lowest BCUT2D eigenvalue weighted by atomic mass is 10.2. The second-order valence-electron chi connectivity index (χ2n) is 5.21. The maximum absolute atomic E-state index is 6.15. The normalized spacial score (nSPS) is 10.6. The van der Waals surface area contributed by atoms with Crippen LogP contribution in [0.15, 0.2) is 47.1 Å². The van der Waals surface area contributed by atoms with Crippen LogP contribution in [0.1, 0.15) is 17.1 Å². The number of nitrogens with one attached hydrogen (secondary N) is 2. The van der Waals surface area contributed by atoms with E-state index >= 15 is 0 Å². The molecule has 0 aliphatic rings. The zero-order chi connectivity index (χ0) is 16.2. The summed E-state index contributed by atoms with van der Waals surface area (Å²) >= 11 is 6.15. The highest BCUT2D eigenvalue weighted by atomic mass is 35.5. The lowest BCUT2D eigenvalue weighted by Gasteiger charge is -2.10. The minimum atomic E-state index is 0.569. The molecule has 3 aromatic rings. The molecular formula is C17H17ClN4O. The van der Waals surface area contributed by atoms with Crippen LogP contribution in [-0.4, -0.2) is 9.97 Å². The molecule has 0 saturated heterocycles. The zero-order valence-corrected chi connectivity index (χ0v) is 13.7. The number of benzene rings is 1. The maximum Gasteiger partial charge on any atom is 0.136 e. The molecule has 0 radical (unpaired) electrons. The van der Waals surface area contributed by atoms with Crippen molar-refractivity contribution in [3.8, 4) is 0 Å². The van der Waals surface area contributed by atoms with Crippen molar-refractivity contribution < 1.29 is 4.42 Å². The Kier molecular flexibility index (Phi) is 4.48. The summed E-state index contributed by atoms with van der Waals surface area (Å²) in [7, 11) is 0. The maximum atomic E-state index is 6.15. The van der Waals surface area contributed by atoms with Crippen molar-refractivity contribution in [2.75, 3.05) is 10.6 Å². The average molecular weight is 329 g/mol. The zero-order valence-electron chi connectivity index (χ0n) is 12.9. The lowest BCUT2D eigenvalue weighted by molar-refractivity contribution is 0.518. The Bertz CT molecular complexity index is 802. The van der Waals surface area contributed by atoms with E-state index in [0.29, 0.717) is 18.2 Å². The van der Waals surface area contributed by atoms with Gasteiger partial charge in [0.1, 0.15) is 23.2 Å². The van der Waals surface area contributed by atoms with Crippen LogP contribution in [-0.2, 0) is 6.54 Å². The van der Waals surface area contributed by atoms with Gasteiger partial charge in [0.2, 0.25) is 0 Å². The summed E-state index contributed by atoms with van der Waals surface area (Å²) in [6, 6.07) is 11.4. The summed E-state index contributed by atoms with van der Waals surface area (Å²) in [5, 5.41) is 7.19. The number of nitrogens with zero attached hydrogens (tertiary/aromatic N) is 2. The minimum absolute atomic E-state index is 0.569. The van der Waals surface area contributed by atoms with E-state index in [0.717, 1.165) is 27.9 Å². The van der Waals surface area contributed by atoms with Crippen LogP contribution >= 0.6 is 11.6 Å². The molecule has 0 spiro atoms. The summed E-state index contributed by atoms with van der Waals surface area (Å²) in [6.45, 7) is 4.39. The van der Waals surface area contributed by atoms with Gasteiger partial charge >= 0.3 is 0 Å². The molecule has 118 valence electrons. The number of anilines is 3. The molecule has 0 atom stereocenters. The topological polar surface area (TPSA) is 63.0 Å². The van der Waals surface area contributed by atoms with Gasteiger partial charge in [-0.1, -0.05) is 17.7 Å². The molecule has 3 rings (SSSR count). The van der Waals surface area contributed by atoms with E-state index in [-0.39, 0.29) is 0 Å². The molecule has 2 heterocycles. The average Bonchev–Trinajstić information content (AvgIpc) is 3.02. The molecule has 2 N–H and O–H groups in total. The molecule has 0 bridgehead atoms. The van der Waals surface area contributed by atoms with Gasteiger partial charge in [-0.05, 0) is 43.7 Å². The Balaban J connectivity index is 1.75. The van der Waals surface area contributed by atoms with Gasteiger partial charge in [0.05, 0.1) is 12.8 Å². The third kappa shape index (κ3) is 4.02. The van der Waals surface area contributed by atoms with Crippen LogP contribution < -0.4 is 10.6 Å². The summed E-state index contributed by atoms with van der Waals surface area (Å²) in [5.41, 5.74) is 1.92. The Morgan fingerprint density at radius 1 is 1.09 bits per heavy atom. The third-order valence-electron chi connectivity index (χ3n) is 3.31. The van der Waals surface area contributed by atoms with E-state index < -0.39 is 0 Å². The van der Waals surface area contributed by atoms with Crippen LogP contribution in [0, 0.1) is 13.8 Å². The molecule has 0 fully saturated rings. The summed E-state index contributed by atoms with van der Waals surface area (Å²) in [6.07, 6.45) is 1.65. The molecule has 0 aliphatic carbocycles. The van der Waals surface area contributed by atoms with Crippen molar-refractivity contribution >= 4 is 28.9 Å². The highest BCUT2D eigenvalue weighted by Gasteiger charge is 2.05. The molecule has 0 unspecified atom stereocenters. The number of halogens is 1. The molecule has 0 aliphatic heterocycles. The van der Waals surface area contributed by atoms with E-state index in [1.165, 1.54) is 0 Å². The van der Waals surface area contributed by atoms with Crippen molar-refractivity contribution in [3.63, 3.8) is 0 Å². The number of aromatic nitrogens is 2. The van der Waals surface area contributed by atoms with Crippen molar-refractivity contribution in [1.82, 2.24) is 9.97 Å². The summed E-state index contributed by atoms with van der Waals surface area (Å²) in [5.74, 6) is 2.96. The van der Waals surface area contributed by atoms with Crippen LogP contribution in [0.2, 0.25) is 5.02 Å². The van der Waals surface area contributed by atoms with Crippen molar-refractivity contribution in [1.29, 1.82) is 0 Å². The monoisotopic (exact) mass is 328 g/mol. The standard InChI is InChI=1S/C17H17ClN4O/c1-11-5-6-13(8-15(11)18)22-17-9-16(20-12(2)21-17)19-10-14-4-3-7-23-14/h3-9H,10H2,1-2H3,(H2,19,20,21,22). The molecule has 23 heavy (non-hydrogen) atoms. The van der Waals surface area contributed by atoms with Gasteiger partial charge in [0.25, 0.3) is 0 Å². The van der Waals surface area contributed by atoms with E-state index in [1.54, 1.807) is 6.26 Å². The SMILES string of the molecule is Cc1nc(NCc2ccco2)cc(Nc2ccc(C)c(Cl)c2)n1. The first-order valence-corrected chi connectivity index (χ1v) is 7.63. The van der Waals surface area contributed by atoms with E-state index in [1.807, 2.05) is 50.2 Å². The van der Waals surface area contributed by atoms with Gasteiger partial charge in [-0.25, -0.2) is 9.97 Å². The Morgan fingerprint density at radius 3 is 2.65 bits per heavy atom. The van der Waals surface area contributed by atoms with E-state index in [4.69, 9.17) is 16.0 Å². The van der Waals surface area contributed by atoms with Gasteiger partial charge in [0.15, 0.2) is 0 Å². The Morgan fingerprint density at radius 2 is 1.91 bits per heavy atom. The lowest BCUT2D eigenvalue weighted by Crippen LogP contribution is -2.04. The number of aryl methyl sites for hydroxylation is 2. The number of furan rings is 1. The fourth-order valence-electron chi connectivity index (χ4n) is 2.13. The molecule has 0 saturated carbocycles. The summed E-state index contributed by atoms with van der Waals surface area (Å²) in [4.78, 5) is 8.77. The third-order valence-corrected chi connectivity index (χ3v) is 3.71. The van der Waals surface area contributed by atoms with Crippen molar-refractivity contribution in [2.45, 2.75) is 20.4 Å². The quantitative estimate of drug-likeness (QED) is 0.711. The highest BCUT2D eigenvalue weighted by molar-refractivity contribution is 6.31. The predicted octanol–water partition coefficient (Wildman–Crippen LogP) is 4.70. The minimum Gasteiger partial charge on any atom is -0.467 e. The van der Waals surface area contributed by atoms with Gasteiger partial charge in [0, 0.05) is 16.8 Å². The fourth-order valence-corrected chi connectivity index (χ4v) is 2.31. The first kappa shape index (κ1) is 15.4. The highest BCUT2D eigenvalue weighted by Crippen LogP contribution is 2.23. The smallest absolute Gasteiger partial charge is 0.136 e. The second-order valence-corrected chi connectivity index (χ2v) is 5.61. The largest absolute Gasteiger partial charge is 0.467 e. The first-order chi connectivity index (χ1) is 11.1. The van der Waals surface area contributed by atoms with Crippen molar-refractivity contribution in [3.05, 3.63) is 64.8 Å². The fraction of sp³-hybridized carbons (Fsp3) is 0.176. The van der Waals surface area contributed by atoms with E-state index in [2.05, 4.69) is 20.6 Å². The van der Waals surface area contributed by atoms with Gasteiger partial charge in [-0.15, -0.1) is 0 Å².